The Morgan fingerprint density at radius 1 is 0.900 bits per heavy atom. The van der Waals surface area contributed by atoms with Crippen molar-refractivity contribution in [3.8, 4) is 12.1 Å². The van der Waals surface area contributed by atoms with Crippen LogP contribution in [0, 0.1) is 22.7 Å². The molecule has 0 spiro atoms. The number of hydrogen-bond acceptors (Lipinski definition) is 3. The Labute approximate surface area is 114 Å². The number of hydrogen-bond donors (Lipinski definition) is 0. The Kier molecular flexibility index (Phi) is 2.52. The second kappa shape index (κ2) is 4.22. The van der Waals surface area contributed by atoms with Gasteiger partial charge in [0.05, 0.1) is 34.3 Å². The molecule has 0 atom stereocenters. The summed E-state index contributed by atoms with van der Waals surface area (Å²) in [5.74, 6) is 0. The van der Waals surface area contributed by atoms with Gasteiger partial charge in [0.1, 0.15) is 0 Å². The zero-order chi connectivity index (χ0) is 14.3. The third kappa shape index (κ3) is 1.56. The maximum absolute atomic E-state index is 12.5. The van der Waals surface area contributed by atoms with Crippen LogP contribution in [-0.2, 0) is 7.05 Å². The highest BCUT2D eigenvalue weighted by Crippen LogP contribution is 2.19. The Morgan fingerprint density at radius 3 is 1.75 bits per heavy atom. The largest absolute Gasteiger partial charge is 0.343 e. The van der Waals surface area contributed by atoms with Crippen molar-refractivity contribution in [3.63, 3.8) is 0 Å². The van der Waals surface area contributed by atoms with Gasteiger partial charge in [0.2, 0.25) is 0 Å². The molecule has 20 heavy (non-hydrogen) atoms. The molecule has 0 unspecified atom stereocenters. The summed E-state index contributed by atoms with van der Waals surface area (Å²) in [4.78, 5) is 12.5. The Morgan fingerprint density at radius 2 is 1.35 bits per heavy atom. The van der Waals surface area contributed by atoms with E-state index in [-0.39, 0.29) is 5.43 Å². The predicted octanol–water partition coefficient (Wildman–Crippen LogP) is 2.44. The van der Waals surface area contributed by atoms with Gasteiger partial charge in [0.25, 0.3) is 0 Å². The quantitative estimate of drug-likeness (QED) is 0.582. The lowest BCUT2D eigenvalue weighted by atomic mass is 10.1. The van der Waals surface area contributed by atoms with Crippen molar-refractivity contribution in [3.05, 3.63) is 57.7 Å². The molecule has 0 fully saturated rings. The molecule has 4 heteroatoms. The van der Waals surface area contributed by atoms with Gasteiger partial charge in [-0.1, -0.05) is 0 Å². The maximum Gasteiger partial charge on any atom is 0.197 e. The maximum atomic E-state index is 12.5. The highest BCUT2D eigenvalue weighted by atomic mass is 16.1. The molecule has 94 valence electrons. The van der Waals surface area contributed by atoms with E-state index in [1.807, 2.05) is 23.8 Å². The monoisotopic (exact) mass is 259 g/mol. The SMILES string of the molecule is Cn1c2ccc(C#N)cc2c(=O)c2cc(C#N)ccc21. The van der Waals surface area contributed by atoms with Gasteiger partial charge in [-0.25, -0.2) is 0 Å². The summed E-state index contributed by atoms with van der Waals surface area (Å²) >= 11 is 0. The van der Waals surface area contributed by atoms with E-state index < -0.39 is 0 Å². The van der Waals surface area contributed by atoms with E-state index in [0.717, 1.165) is 11.0 Å². The first-order chi connectivity index (χ1) is 9.65. The molecule has 0 bridgehead atoms. The van der Waals surface area contributed by atoms with Crippen LogP contribution >= 0.6 is 0 Å². The van der Waals surface area contributed by atoms with Crippen LogP contribution in [0.4, 0.5) is 0 Å². The van der Waals surface area contributed by atoms with Gasteiger partial charge in [-0.2, -0.15) is 10.5 Å². The topological polar surface area (TPSA) is 69.6 Å². The van der Waals surface area contributed by atoms with Gasteiger partial charge in [0.15, 0.2) is 5.43 Å². The highest BCUT2D eigenvalue weighted by molar-refractivity contribution is 5.94. The molecular formula is C16H9N3O. The number of fused-ring (bicyclic) bond motifs is 2. The van der Waals surface area contributed by atoms with Crippen LogP contribution in [0.3, 0.4) is 0 Å². The van der Waals surface area contributed by atoms with Crippen molar-refractivity contribution >= 4 is 21.8 Å². The van der Waals surface area contributed by atoms with Crippen molar-refractivity contribution in [2.75, 3.05) is 0 Å². The molecule has 0 N–H and O–H groups in total. The lowest BCUT2D eigenvalue weighted by molar-refractivity contribution is 1.00. The Balaban J connectivity index is 2.59. The van der Waals surface area contributed by atoms with Crippen molar-refractivity contribution in [1.29, 1.82) is 10.5 Å². The standard InChI is InChI=1S/C16H9N3O/c1-19-14-4-2-10(8-17)6-12(14)16(20)13-7-11(9-18)3-5-15(13)19/h2-7H,1H3. The van der Waals surface area contributed by atoms with Crippen LogP contribution < -0.4 is 5.43 Å². The van der Waals surface area contributed by atoms with E-state index in [1.165, 1.54) is 0 Å². The van der Waals surface area contributed by atoms with E-state index in [1.54, 1.807) is 36.4 Å². The van der Waals surface area contributed by atoms with Crippen molar-refractivity contribution in [2.45, 2.75) is 0 Å². The molecule has 0 aliphatic rings. The molecule has 0 amide bonds. The fourth-order valence-corrected chi connectivity index (χ4v) is 2.43. The second-order valence-corrected chi connectivity index (χ2v) is 4.58. The molecule has 0 aliphatic heterocycles. The molecule has 1 aromatic heterocycles. The fraction of sp³-hybridized carbons (Fsp3) is 0.0625. The summed E-state index contributed by atoms with van der Waals surface area (Å²) in [6.45, 7) is 0. The van der Waals surface area contributed by atoms with Crippen LogP contribution in [0.2, 0.25) is 0 Å². The number of rotatable bonds is 0. The average Bonchev–Trinajstić information content (AvgIpc) is 2.51. The zero-order valence-corrected chi connectivity index (χ0v) is 10.7. The molecule has 0 radical (unpaired) electrons. The van der Waals surface area contributed by atoms with E-state index >= 15 is 0 Å². The third-order valence-electron chi connectivity index (χ3n) is 3.46. The van der Waals surface area contributed by atoms with E-state index in [4.69, 9.17) is 10.5 Å². The van der Waals surface area contributed by atoms with E-state index in [2.05, 4.69) is 0 Å². The van der Waals surface area contributed by atoms with Crippen LogP contribution in [0.5, 0.6) is 0 Å². The number of nitriles is 2. The van der Waals surface area contributed by atoms with Crippen molar-refractivity contribution in [2.24, 2.45) is 7.05 Å². The van der Waals surface area contributed by atoms with Crippen molar-refractivity contribution < 1.29 is 0 Å². The van der Waals surface area contributed by atoms with Gasteiger partial charge in [0, 0.05) is 17.8 Å². The van der Waals surface area contributed by atoms with E-state index in [9.17, 15) is 4.79 Å². The number of nitrogens with zero attached hydrogens (tertiary/aromatic N) is 3. The summed E-state index contributed by atoms with van der Waals surface area (Å²) < 4.78 is 1.90. The van der Waals surface area contributed by atoms with E-state index in [0.29, 0.717) is 21.9 Å². The van der Waals surface area contributed by atoms with Gasteiger partial charge in [-0.15, -0.1) is 0 Å². The summed E-state index contributed by atoms with van der Waals surface area (Å²) in [7, 11) is 1.86. The molecule has 3 aromatic rings. The number of benzene rings is 2. The molecule has 2 aromatic carbocycles. The second-order valence-electron chi connectivity index (χ2n) is 4.58. The normalized spacial score (nSPS) is 10.3. The smallest absolute Gasteiger partial charge is 0.197 e. The highest BCUT2D eigenvalue weighted by Gasteiger charge is 2.10. The molecular weight excluding hydrogens is 250 g/mol. The first-order valence-corrected chi connectivity index (χ1v) is 6.02. The Hall–Kier alpha value is -3.11. The minimum atomic E-state index is -0.151. The predicted molar refractivity (Wildman–Crippen MR) is 76.1 cm³/mol. The van der Waals surface area contributed by atoms with Crippen LogP contribution in [0.15, 0.2) is 41.2 Å². The molecule has 3 rings (SSSR count). The lowest BCUT2D eigenvalue weighted by Gasteiger charge is -2.10. The summed E-state index contributed by atoms with van der Waals surface area (Å²) in [5, 5.41) is 18.9. The van der Waals surface area contributed by atoms with Gasteiger partial charge >= 0.3 is 0 Å². The molecule has 0 aliphatic carbocycles. The fourth-order valence-electron chi connectivity index (χ4n) is 2.43. The van der Waals surface area contributed by atoms with Gasteiger partial charge in [-0.3, -0.25) is 4.79 Å². The minimum Gasteiger partial charge on any atom is -0.343 e. The first kappa shape index (κ1) is 12.0. The number of aryl methyl sites for hydroxylation is 1. The lowest BCUT2D eigenvalue weighted by Crippen LogP contribution is -2.09. The number of aromatic nitrogens is 1. The van der Waals surface area contributed by atoms with Crippen LogP contribution in [0.1, 0.15) is 11.1 Å². The van der Waals surface area contributed by atoms with Gasteiger partial charge in [-0.05, 0) is 36.4 Å². The molecule has 1 heterocycles. The van der Waals surface area contributed by atoms with Crippen LogP contribution in [0.25, 0.3) is 21.8 Å². The Bertz CT molecular complexity index is 923. The summed E-state index contributed by atoms with van der Waals surface area (Å²) in [6, 6.07) is 14.2. The molecule has 0 saturated carbocycles. The van der Waals surface area contributed by atoms with Crippen LogP contribution in [-0.4, -0.2) is 4.57 Å². The number of pyridine rings is 1. The summed E-state index contributed by atoms with van der Waals surface area (Å²) in [6.07, 6.45) is 0. The molecule has 4 nitrogen and oxygen atoms in total. The zero-order valence-electron chi connectivity index (χ0n) is 10.7. The van der Waals surface area contributed by atoms with Gasteiger partial charge < -0.3 is 4.57 Å². The third-order valence-corrected chi connectivity index (χ3v) is 3.46. The molecule has 0 saturated heterocycles. The minimum absolute atomic E-state index is 0.151. The summed E-state index contributed by atoms with van der Waals surface area (Å²) in [5.41, 5.74) is 2.29. The first-order valence-electron chi connectivity index (χ1n) is 6.02. The average molecular weight is 259 g/mol. The van der Waals surface area contributed by atoms with Crippen molar-refractivity contribution in [1.82, 2.24) is 4.57 Å².